The van der Waals surface area contributed by atoms with Crippen LogP contribution in [0.25, 0.3) is 0 Å². The van der Waals surface area contributed by atoms with Crippen molar-refractivity contribution in [1.82, 2.24) is 4.98 Å². The first kappa shape index (κ1) is 10.2. The van der Waals surface area contributed by atoms with Crippen molar-refractivity contribution in [1.29, 1.82) is 0 Å². The number of ether oxygens (including phenoxy) is 1. The van der Waals surface area contributed by atoms with Crippen LogP contribution >= 0.6 is 0 Å². The largest absolute Gasteiger partial charge is 0.489 e. The van der Waals surface area contributed by atoms with E-state index >= 15 is 0 Å². The van der Waals surface area contributed by atoms with E-state index in [1.807, 2.05) is 25.1 Å². The number of nitrogens with two attached hydrogens (primary N) is 1. The smallest absolute Gasteiger partial charge is 0.140 e. The van der Waals surface area contributed by atoms with Crippen molar-refractivity contribution in [2.24, 2.45) is 5.73 Å². The van der Waals surface area contributed by atoms with Gasteiger partial charge in [-0.1, -0.05) is 0 Å². The monoisotopic (exact) mass is 207 g/mol. The Balaban J connectivity index is 2.22. The van der Waals surface area contributed by atoms with Crippen LogP contribution in [0.1, 0.15) is 18.5 Å². The van der Waals surface area contributed by atoms with Gasteiger partial charge in [0.15, 0.2) is 0 Å². The molecule has 1 saturated carbocycles. The summed E-state index contributed by atoms with van der Waals surface area (Å²) in [6, 6.07) is 2.01. The summed E-state index contributed by atoms with van der Waals surface area (Å²) in [6.45, 7) is 0.456. The molecule has 2 rings (SSSR count). The van der Waals surface area contributed by atoms with E-state index in [-0.39, 0.29) is 0 Å². The number of hydrogen-bond donors (Lipinski definition) is 1. The van der Waals surface area contributed by atoms with Crippen molar-refractivity contribution >= 4 is 5.69 Å². The molecule has 0 saturated heterocycles. The van der Waals surface area contributed by atoms with Crippen LogP contribution in [0.4, 0.5) is 5.69 Å². The summed E-state index contributed by atoms with van der Waals surface area (Å²) in [6.07, 6.45) is 4.49. The summed E-state index contributed by atoms with van der Waals surface area (Å²) in [4.78, 5) is 6.32. The van der Waals surface area contributed by atoms with Crippen LogP contribution < -0.4 is 15.4 Å². The van der Waals surface area contributed by atoms with Crippen LogP contribution in [0.3, 0.4) is 0 Å². The predicted molar refractivity (Wildman–Crippen MR) is 60.1 cm³/mol. The molecule has 1 aliphatic rings. The van der Waals surface area contributed by atoms with E-state index in [1.165, 1.54) is 0 Å². The zero-order chi connectivity index (χ0) is 10.8. The fraction of sp³-hybridized carbons (Fsp3) is 0.545. The Labute approximate surface area is 90.0 Å². The molecule has 4 nitrogen and oxygen atoms in total. The van der Waals surface area contributed by atoms with Crippen LogP contribution in [0, 0.1) is 0 Å². The second kappa shape index (κ2) is 4.06. The second-order valence-electron chi connectivity index (χ2n) is 4.05. The highest BCUT2D eigenvalue weighted by Gasteiger charge is 2.24. The Kier molecular flexibility index (Phi) is 2.77. The second-order valence-corrected chi connectivity index (χ2v) is 4.05. The molecular formula is C11H17N3O. The van der Waals surface area contributed by atoms with Crippen molar-refractivity contribution in [3.8, 4) is 5.75 Å². The summed E-state index contributed by atoms with van der Waals surface area (Å²) in [5.41, 5.74) is 7.57. The summed E-state index contributed by atoms with van der Waals surface area (Å²) < 4.78 is 5.69. The van der Waals surface area contributed by atoms with Gasteiger partial charge in [0.25, 0.3) is 0 Å². The standard InChI is InChI=1S/C11H17N3O/c1-14(2)11-5-9(15-8-3-4-8)7-13-10(11)6-12/h5,7-8H,3-4,6,12H2,1-2H3. The molecule has 0 unspecified atom stereocenters. The maximum Gasteiger partial charge on any atom is 0.140 e. The van der Waals surface area contributed by atoms with Gasteiger partial charge in [-0.2, -0.15) is 0 Å². The molecule has 1 heterocycles. The fourth-order valence-corrected chi connectivity index (χ4v) is 1.45. The quantitative estimate of drug-likeness (QED) is 0.804. The van der Waals surface area contributed by atoms with Gasteiger partial charge in [-0.25, -0.2) is 0 Å². The van der Waals surface area contributed by atoms with Gasteiger partial charge >= 0.3 is 0 Å². The first-order chi connectivity index (χ1) is 7.20. The van der Waals surface area contributed by atoms with E-state index in [1.54, 1.807) is 6.20 Å². The van der Waals surface area contributed by atoms with Crippen LogP contribution in [0.2, 0.25) is 0 Å². The number of rotatable bonds is 4. The Bertz CT molecular complexity index is 348. The third-order valence-corrected chi connectivity index (χ3v) is 2.42. The fourth-order valence-electron chi connectivity index (χ4n) is 1.45. The highest BCUT2D eigenvalue weighted by atomic mass is 16.5. The molecule has 0 amide bonds. The molecule has 15 heavy (non-hydrogen) atoms. The highest BCUT2D eigenvalue weighted by molar-refractivity contribution is 5.52. The van der Waals surface area contributed by atoms with Gasteiger partial charge in [-0.05, 0) is 12.8 Å². The van der Waals surface area contributed by atoms with Gasteiger partial charge in [-0.15, -0.1) is 0 Å². The maximum atomic E-state index is 5.69. The topological polar surface area (TPSA) is 51.4 Å². The summed E-state index contributed by atoms with van der Waals surface area (Å²) in [7, 11) is 3.97. The minimum absolute atomic E-state index is 0.408. The molecule has 1 aromatic rings. The average Bonchev–Trinajstić information content (AvgIpc) is 3.01. The highest BCUT2D eigenvalue weighted by Crippen LogP contribution is 2.29. The van der Waals surface area contributed by atoms with E-state index < -0.39 is 0 Å². The van der Waals surface area contributed by atoms with Crippen LogP contribution in [0.5, 0.6) is 5.75 Å². The van der Waals surface area contributed by atoms with E-state index in [0.717, 1.165) is 30.0 Å². The lowest BCUT2D eigenvalue weighted by atomic mass is 10.2. The third kappa shape index (κ3) is 2.39. The SMILES string of the molecule is CN(C)c1cc(OC2CC2)cnc1CN. The number of aromatic nitrogens is 1. The summed E-state index contributed by atoms with van der Waals surface area (Å²) in [5, 5.41) is 0. The first-order valence-electron chi connectivity index (χ1n) is 5.23. The average molecular weight is 207 g/mol. The Hall–Kier alpha value is -1.29. The summed E-state index contributed by atoms with van der Waals surface area (Å²) >= 11 is 0. The molecule has 0 atom stereocenters. The van der Waals surface area contributed by atoms with Gasteiger partial charge in [0.05, 0.1) is 23.7 Å². The van der Waals surface area contributed by atoms with E-state index in [4.69, 9.17) is 10.5 Å². The lowest BCUT2D eigenvalue weighted by molar-refractivity contribution is 0.302. The molecule has 4 heteroatoms. The molecule has 0 bridgehead atoms. The molecule has 0 radical (unpaired) electrons. The van der Waals surface area contributed by atoms with Crippen LogP contribution in [-0.4, -0.2) is 25.2 Å². The van der Waals surface area contributed by atoms with E-state index in [0.29, 0.717) is 12.6 Å². The van der Waals surface area contributed by atoms with E-state index in [2.05, 4.69) is 4.98 Å². The van der Waals surface area contributed by atoms with Crippen LogP contribution in [-0.2, 0) is 6.54 Å². The van der Waals surface area contributed by atoms with Crippen molar-refractivity contribution in [3.63, 3.8) is 0 Å². The number of pyridine rings is 1. The van der Waals surface area contributed by atoms with Gasteiger partial charge < -0.3 is 15.4 Å². The minimum atomic E-state index is 0.408. The summed E-state index contributed by atoms with van der Waals surface area (Å²) in [5.74, 6) is 0.846. The Morgan fingerprint density at radius 1 is 1.53 bits per heavy atom. The van der Waals surface area contributed by atoms with Gasteiger partial charge in [0, 0.05) is 26.7 Å². The molecule has 0 spiro atoms. The Morgan fingerprint density at radius 2 is 2.27 bits per heavy atom. The molecule has 1 fully saturated rings. The van der Waals surface area contributed by atoms with Crippen molar-refractivity contribution in [2.75, 3.05) is 19.0 Å². The predicted octanol–water partition coefficient (Wildman–Crippen LogP) is 1.15. The zero-order valence-electron chi connectivity index (χ0n) is 9.23. The minimum Gasteiger partial charge on any atom is -0.489 e. The number of anilines is 1. The van der Waals surface area contributed by atoms with Gasteiger partial charge in [0.1, 0.15) is 5.75 Å². The maximum absolute atomic E-state index is 5.69. The van der Waals surface area contributed by atoms with Crippen molar-refractivity contribution < 1.29 is 4.74 Å². The molecule has 82 valence electrons. The normalized spacial score (nSPS) is 15.1. The molecule has 1 aromatic heterocycles. The third-order valence-electron chi connectivity index (χ3n) is 2.42. The molecule has 2 N–H and O–H groups in total. The first-order valence-corrected chi connectivity index (χ1v) is 5.23. The molecule has 0 aliphatic heterocycles. The zero-order valence-corrected chi connectivity index (χ0v) is 9.23. The molecular weight excluding hydrogens is 190 g/mol. The molecule has 0 aromatic carbocycles. The van der Waals surface area contributed by atoms with Gasteiger partial charge in [-0.3, -0.25) is 4.98 Å². The number of nitrogens with zero attached hydrogens (tertiary/aromatic N) is 2. The number of hydrogen-bond acceptors (Lipinski definition) is 4. The lowest BCUT2D eigenvalue weighted by Crippen LogP contribution is -2.14. The Morgan fingerprint density at radius 3 is 2.80 bits per heavy atom. The molecule has 1 aliphatic carbocycles. The van der Waals surface area contributed by atoms with Crippen molar-refractivity contribution in [3.05, 3.63) is 18.0 Å². The van der Waals surface area contributed by atoms with E-state index in [9.17, 15) is 0 Å². The van der Waals surface area contributed by atoms with Crippen LogP contribution in [0.15, 0.2) is 12.3 Å². The van der Waals surface area contributed by atoms with Crippen molar-refractivity contribution in [2.45, 2.75) is 25.5 Å². The lowest BCUT2D eigenvalue weighted by Gasteiger charge is -2.17. The van der Waals surface area contributed by atoms with Gasteiger partial charge in [0.2, 0.25) is 0 Å².